The van der Waals surface area contributed by atoms with E-state index in [-0.39, 0.29) is 43.6 Å². The molecule has 7 nitrogen and oxygen atoms in total. The van der Waals surface area contributed by atoms with Crippen LogP contribution in [-0.4, -0.2) is 61.1 Å². The van der Waals surface area contributed by atoms with E-state index in [1.807, 2.05) is 55.5 Å². The second kappa shape index (κ2) is 11.0. The van der Waals surface area contributed by atoms with Crippen LogP contribution >= 0.6 is 12.4 Å². The fourth-order valence-electron chi connectivity index (χ4n) is 3.42. The highest BCUT2D eigenvalue weighted by atomic mass is 35.5. The molecule has 0 radical (unpaired) electrons. The largest absolute Gasteiger partial charge is 0.454 e. The molecule has 0 fully saturated rings. The quantitative estimate of drug-likeness (QED) is 0.670. The molecule has 1 aliphatic heterocycles. The molecule has 0 saturated heterocycles. The Morgan fingerprint density at radius 2 is 1.68 bits per heavy atom. The van der Waals surface area contributed by atoms with E-state index in [2.05, 4.69) is 0 Å². The molecule has 0 saturated carbocycles. The Morgan fingerprint density at radius 1 is 1.00 bits per heavy atom. The highest BCUT2D eigenvalue weighted by molar-refractivity contribution is 5.87. The lowest BCUT2D eigenvalue weighted by Gasteiger charge is -2.28. The van der Waals surface area contributed by atoms with Gasteiger partial charge in [-0.1, -0.05) is 36.4 Å². The second-order valence-corrected chi connectivity index (χ2v) is 7.74. The SMILES string of the molecule is CC(Cc1ccc2c(c1)OCO2)N(C)C(=O)CN(C)C(=O)[C@@H](N)Cc1ccccc1.Cl. The van der Waals surface area contributed by atoms with Crippen LogP contribution < -0.4 is 15.2 Å². The van der Waals surface area contributed by atoms with Crippen molar-refractivity contribution in [1.29, 1.82) is 0 Å². The summed E-state index contributed by atoms with van der Waals surface area (Å²) in [7, 11) is 3.36. The summed E-state index contributed by atoms with van der Waals surface area (Å²) >= 11 is 0. The maximum Gasteiger partial charge on any atom is 0.242 e. The normalized spacial score (nSPS) is 13.7. The maximum atomic E-state index is 12.7. The van der Waals surface area contributed by atoms with Crippen molar-refractivity contribution >= 4 is 24.2 Å². The van der Waals surface area contributed by atoms with Crippen LogP contribution in [0.2, 0.25) is 0 Å². The summed E-state index contributed by atoms with van der Waals surface area (Å²) in [4.78, 5) is 28.3. The van der Waals surface area contributed by atoms with Gasteiger partial charge in [0.2, 0.25) is 18.6 Å². The van der Waals surface area contributed by atoms with Crippen molar-refractivity contribution in [3.05, 3.63) is 59.7 Å². The zero-order valence-corrected chi connectivity index (χ0v) is 18.9. The summed E-state index contributed by atoms with van der Waals surface area (Å²) in [6.45, 7) is 2.20. The van der Waals surface area contributed by atoms with Gasteiger partial charge in [0.05, 0.1) is 12.6 Å². The topological polar surface area (TPSA) is 85.1 Å². The predicted molar refractivity (Wildman–Crippen MR) is 122 cm³/mol. The lowest BCUT2D eigenvalue weighted by Crippen LogP contribution is -2.48. The Balaban J connectivity index is 0.00000341. The van der Waals surface area contributed by atoms with Gasteiger partial charge in [0.1, 0.15) is 0 Å². The fraction of sp³-hybridized carbons (Fsp3) is 0.391. The van der Waals surface area contributed by atoms with E-state index >= 15 is 0 Å². The Bertz CT molecular complexity index is 894. The molecular formula is C23H30ClN3O4. The number of rotatable bonds is 8. The van der Waals surface area contributed by atoms with Crippen molar-refractivity contribution < 1.29 is 19.1 Å². The van der Waals surface area contributed by atoms with Gasteiger partial charge in [-0.05, 0) is 43.0 Å². The number of nitrogens with zero attached hydrogens (tertiary/aromatic N) is 2. The number of halogens is 1. The molecule has 2 atom stereocenters. The van der Waals surface area contributed by atoms with Gasteiger partial charge in [-0.25, -0.2) is 0 Å². The highest BCUT2D eigenvalue weighted by Crippen LogP contribution is 2.32. The third kappa shape index (κ3) is 6.35. The maximum absolute atomic E-state index is 12.7. The van der Waals surface area contributed by atoms with E-state index in [9.17, 15) is 9.59 Å². The van der Waals surface area contributed by atoms with Gasteiger partial charge < -0.3 is 25.0 Å². The number of carbonyl (C=O) groups is 2. The molecule has 0 aromatic heterocycles. The van der Waals surface area contributed by atoms with Crippen molar-refractivity contribution in [2.24, 2.45) is 5.73 Å². The molecule has 1 heterocycles. The molecular weight excluding hydrogens is 418 g/mol. The summed E-state index contributed by atoms with van der Waals surface area (Å²) in [5, 5.41) is 0. The van der Waals surface area contributed by atoms with E-state index in [0.29, 0.717) is 12.8 Å². The number of carbonyl (C=O) groups excluding carboxylic acids is 2. The van der Waals surface area contributed by atoms with Crippen LogP contribution in [0.5, 0.6) is 11.5 Å². The average Bonchev–Trinajstić information content (AvgIpc) is 3.21. The number of likely N-dealkylation sites (N-methyl/N-ethyl adjacent to an activating group) is 2. The molecule has 2 aromatic rings. The van der Waals surface area contributed by atoms with Crippen molar-refractivity contribution in [3.8, 4) is 11.5 Å². The zero-order valence-electron chi connectivity index (χ0n) is 18.1. The molecule has 0 aliphatic carbocycles. The Morgan fingerprint density at radius 3 is 2.39 bits per heavy atom. The molecule has 2 amide bonds. The number of benzene rings is 2. The van der Waals surface area contributed by atoms with Crippen LogP contribution in [-0.2, 0) is 22.4 Å². The summed E-state index contributed by atoms with van der Waals surface area (Å²) in [6, 6.07) is 14.7. The fourth-order valence-corrected chi connectivity index (χ4v) is 3.42. The van der Waals surface area contributed by atoms with Gasteiger partial charge in [0.15, 0.2) is 11.5 Å². The average molecular weight is 448 g/mol. The Labute approximate surface area is 189 Å². The molecule has 2 aromatic carbocycles. The minimum Gasteiger partial charge on any atom is -0.454 e. The standard InChI is InChI=1S/C23H29N3O4.ClH/c1-16(11-18-9-10-20-21(13-18)30-15-29-20)26(3)22(27)14-25(2)23(28)19(24)12-17-7-5-4-6-8-17;/h4-10,13,16,19H,11-12,14-15,24H2,1-3H3;1H/t16?,19-;/m0./s1. The monoisotopic (exact) mass is 447 g/mol. The van der Waals surface area contributed by atoms with Gasteiger partial charge in [-0.15, -0.1) is 12.4 Å². The first kappa shape index (κ1) is 24.5. The van der Waals surface area contributed by atoms with Gasteiger partial charge in [-0.2, -0.15) is 0 Å². The first-order valence-corrected chi connectivity index (χ1v) is 10.0. The van der Waals surface area contributed by atoms with Crippen LogP contribution in [0.25, 0.3) is 0 Å². The zero-order chi connectivity index (χ0) is 21.7. The molecule has 3 rings (SSSR count). The van der Waals surface area contributed by atoms with Crippen LogP contribution in [0, 0.1) is 0 Å². The number of amides is 2. The minimum atomic E-state index is -0.679. The first-order chi connectivity index (χ1) is 14.3. The lowest BCUT2D eigenvalue weighted by atomic mass is 10.1. The number of fused-ring (bicyclic) bond motifs is 1. The smallest absolute Gasteiger partial charge is 0.242 e. The van der Waals surface area contributed by atoms with E-state index in [4.69, 9.17) is 15.2 Å². The van der Waals surface area contributed by atoms with E-state index < -0.39 is 6.04 Å². The third-order valence-corrected chi connectivity index (χ3v) is 5.39. The lowest BCUT2D eigenvalue weighted by molar-refractivity contribution is -0.140. The predicted octanol–water partition coefficient (Wildman–Crippen LogP) is 2.25. The Kier molecular flexibility index (Phi) is 8.71. The van der Waals surface area contributed by atoms with E-state index in [1.54, 1.807) is 19.0 Å². The molecule has 0 spiro atoms. The number of nitrogens with two attached hydrogens (primary N) is 1. The van der Waals surface area contributed by atoms with Crippen molar-refractivity contribution in [2.75, 3.05) is 27.4 Å². The van der Waals surface area contributed by atoms with Crippen molar-refractivity contribution in [3.63, 3.8) is 0 Å². The molecule has 8 heteroatoms. The second-order valence-electron chi connectivity index (χ2n) is 7.74. The molecule has 1 aliphatic rings. The van der Waals surface area contributed by atoms with Gasteiger partial charge in [0, 0.05) is 20.1 Å². The molecule has 0 bridgehead atoms. The van der Waals surface area contributed by atoms with Gasteiger partial charge in [-0.3, -0.25) is 9.59 Å². The summed E-state index contributed by atoms with van der Waals surface area (Å²) in [5.74, 6) is 1.09. The summed E-state index contributed by atoms with van der Waals surface area (Å²) < 4.78 is 10.7. The van der Waals surface area contributed by atoms with E-state index in [0.717, 1.165) is 22.6 Å². The van der Waals surface area contributed by atoms with Crippen LogP contribution in [0.3, 0.4) is 0 Å². The molecule has 31 heavy (non-hydrogen) atoms. The highest BCUT2D eigenvalue weighted by Gasteiger charge is 2.24. The summed E-state index contributed by atoms with van der Waals surface area (Å²) in [5.41, 5.74) is 8.12. The third-order valence-electron chi connectivity index (χ3n) is 5.39. The van der Waals surface area contributed by atoms with E-state index in [1.165, 1.54) is 4.90 Å². The van der Waals surface area contributed by atoms with Crippen molar-refractivity contribution in [1.82, 2.24) is 9.80 Å². The molecule has 2 N–H and O–H groups in total. The van der Waals surface area contributed by atoms with Crippen LogP contribution in [0.1, 0.15) is 18.1 Å². The molecule has 1 unspecified atom stereocenters. The van der Waals surface area contributed by atoms with Gasteiger partial charge in [0.25, 0.3) is 0 Å². The number of ether oxygens (including phenoxy) is 2. The van der Waals surface area contributed by atoms with Gasteiger partial charge >= 0.3 is 0 Å². The Hall–Kier alpha value is -2.77. The van der Waals surface area contributed by atoms with Crippen molar-refractivity contribution in [2.45, 2.75) is 31.8 Å². The molecule has 168 valence electrons. The van der Waals surface area contributed by atoms with Crippen LogP contribution in [0.4, 0.5) is 0 Å². The van der Waals surface area contributed by atoms with Crippen LogP contribution in [0.15, 0.2) is 48.5 Å². The first-order valence-electron chi connectivity index (χ1n) is 10.0. The minimum absolute atomic E-state index is 0. The number of hydrogen-bond acceptors (Lipinski definition) is 5. The summed E-state index contributed by atoms with van der Waals surface area (Å²) in [6.07, 6.45) is 1.11. The number of hydrogen-bond donors (Lipinski definition) is 1.